The van der Waals surface area contributed by atoms with Gasteiger partial charge in [0, 0.05) is 31.7 Å². The summed E-state index contributed by atoms with van der Waals surface area (Å²) in [4.78, 5) is 18.7. The van der Waals surface area contributed by atoms with E-state index in [4.69, 9.17) is 25.8 Å². The molecular weight excluding hydrogens is 679 g/mol. The van der Waals surface area contributed by atoms with Crippen LogP contribution >= 0.6 is 34.2 Å². The molecule has 1 amide bonds. The molecule has 220 valence electrons. The van der Waals surface area contributed by atoms with Gasteiger partial charge in [-0.25, -0.2) is 4.79 Å². The van der Waals surface area contributed by atoms with Crippen LogP contribution < -0.4 is 9.47 Å². The van der Waals surface area contributed by atoms with Gasteiger partial charge in [0.25, 0.3) is 0 Å². The topological polar surface area (TPSA) is 145 Å². The Kier molecular flexibility index (Phi) is 8.33. The molecule has 1 aromatic heterocycles. The van der Waals surface area contributed by atoms with E-state index in [0.717, 1.165) is 31.3 Å². The number of aliphatic hydroxyl groups is 4. The summed E-state index contributed by atoms with van der Waals surface area (Å²) in [6.45, 7) is -0.134. The fourth-order valence-corrected chi connectivity index (χ4v) is 6.11. The zero-order chi connectivity index (χ0) is 29.5. The molecule has 5 N–H and O–H groups in total. The number of H-pyrrole nitrogens is 1. The van der Waals surface area contributed by atoms with Gasteiger partial charge in [-0.1, -0.05) is 23.7 Å². The first-order valence-electron chi connectivity index (χ1n) is 13.3. The van der Waals surface area contributed by atoms with Gasteiger partial charge in [-0.2, -0.15) is 0 Å². The number of fused-ring (bicyclic) bond motifs is 3. The molecule has 4 aromatic rings. The van der Waals surface area contributed by atoms with Crippen LogP contribution in [0, 0.1) is 3.57 Å². The normalized spacial score (nSPS) is 25.7. The van der Waals surface area contributed by atoms with Gasteiger partial charge in [0.1, 0.15) is 42.0 Å². The van der Waals surface area contributed by atoms with Crippen molar-refractivity contribution in [3.8, 4) is 11.5 Å². The van der Waals surface area contributed by atoms with Crippen molar-refractivity contribution in [2.24, 2.45) is 0 Å². The molecule has 42 heavy (non-hydrogen) atoms. The highest BCUT2D eigenvalue weighted by atomic mass is 127. The van der Waals surface area contributed by atoms with Crippen molar-refractivity contribution in [1.29, 1.82) is 0 Å². The predicted octanol–water partition coefficient (Wildman–Crippen LogP) is 3.75. The van der Waals surface area contributed by atoms with Gasteiger partial charge in [0.2, 0.25) is 6.29 Å². The van der Waals surface area contributed by atoms with Crippen molar-refractivity contribution in [1.82, 2.24) is 9.88 Å². The van der Waals surface area contributed by atoms with Gasteiger partial charge in [-0.15, -0.1) is 0 Å². The lowest BCUT2D eigenvalue weighted by Crippen LogP contribution is -2.60. The molecule has 1 saturated heterocycles. The van der Waals surface area contributed by atoms with Crippen LogP contribution in [0.2, 0.25) is 5.02 Å². The molecule has 5 unspecified atom stereocenters. The number of nitrogens with one attached hydrogen (secondary N) is 1. The molecule has 0 radical (unpaired) electrons. The Morgan fingerprint density at radius 1 is 1.00 bits per heavy atom. The minimum absolute atomic E-state index is 0.320. The minimum atomic E-state index is -1.55. The Labute approximate surface area is 259 Å². The summed E-state index contributed by atoms with van der Waals surface area (Å²) in [6, 6.07) is 19.2. The quantitative estimate of drug-likeness (QED) is 0.198. The van der Waals surface area contributed by atoms with Crippen LogP contribution in [0.4, 0.5) is 4.79 Å². The second-order valence-electron chi connectivity index (χ2n) is 10.3. The standard InChI is InChI=1S/C30H28ClIN2O8/c31-16-3-8-19(9-4-16)41-30(39)34-12-11-20-21-13-17(32)5-10-22(21)33-24(20)25(34)15-1-6-18(7-2-15)40-29-28(38)27(37)26(36)23(14-35)42-29/h1-10,13,23,25-29,33,35-38H,11-12,14H2/t23?,25-,26?,27?,28?,29?/m0/s1. The largest absolute Gasteiger partial charge is 0.462 e. The van der Waals surface area contributed by atoms with Crippen molar-refractivity contribution in [3.05, 3.63) is 92.1 Å². The molecule has 10 nitrogen and oxygen atoms in total. The van der Waals surface area contributed by atoms with E-state index in [2.05, 4.69) is 33.6 Å². The van der Waals surface area contributed by atoms with Crippen LogP contribution in [0.1, 0.15) is 22.9 Å². The second kappa shape index (κ2) is 12.0. The molecule has 6 rings (SSSR count). The number of benzene rings is 3. The molecule has 0 spiro atoms. The number of carbonyl (C=O) groups excluding carboxylic acids is 1. The predicted molar refractivity (Wildman–Crippen MR) is 162 cm³/mol. The highest BCUT2D eigenvalue weighted by Crippen LogP contribution is 2.40. The highest BCUT2D eigenvalue weighted by Gasteiger charge is 2.45. The Bertz CT molecular complexity index is 1580. The number of aromatic nitrogens is 1. The number of rotatable bonds is 5. The summed E-state index contributed by atoms with van der Waals surface area (Å²) in [5.74, 6) is 0.698. The number of halogens is 2. The molecule has 0 bridgehead atoms. The Morgan fingerprint density at radius 3 is 2.43 bits per heavy atom. The number of aliphatic hydroxyl groups excluding tert-OH is 4. The summed E-state index contributed by atoms with van der Waals surface area (Å²) in [6.07, 6.45) is -6.83. The van der Waals surface area contributed by atoms with E-state index in [0.29, 0.717) is 29.5 Å². The van der Waals surface area contributed by atoms with Crippen LogP contribution in [-0.4, -0.2) is 80.3 Å². The lowest BCUT2D eigenvalue weighted by atomic mass is 9.92. The second-order valence-corrected chi connectivity index (χ2v) is 11.9. The van der Waals surface area contributed by atoms with Gasteiger partial charge in [0.05, 0.1) is 6.61 Å². The van der Waals surface area contributed by atoms with E-state index >= 15 is 0 Å². The molecule has 0 saturated carbocycles. The minimum Gasteiger partial charge on any atom is -0.462 e. The molecule has 2 aliphatic heterocycles. The third-order valence-corrected chi connectivity index (χ3v) is 8.56. The van der Waals surface area contributed by atoms with Crippen LogP contribution in [-0.2, 0) is 11.2 Å². The van der Waals surface area contributed by atoms with E-state index in [9.17, 15) is 25.2 Å². The molecular formula is C30H28ClIN2O8. The van der Waals surface area contributed by atoms with Gasteiger partial charge in [0.15, 0.2) is 0 Å². The van der Waals surface area contributed by atoms with Crippen molar-refractivity contribution in [2.45, 2.75) is 43.2 Å². The monoisotopic (exact) mass is 706 g/mol. The van der Waals surface area contributed by atoms with Crippen molar-refractivity contribution >= 4 is 51.2 Å². The molecule has 0 aliphatic carbocycles. The SMILES string of the molecule is O=C(Oc1ccc(Cl)cc1)N1CCc2c([nH]c3ccc(I)cc23)[C@@H]1c1ccc(OC2OC(CO)C(O)C(O)C2O)cc1. The summed E-state index contributed by atoms with van der Waals surface area (Å²) < 4.78 is 18.1. The van der Waals surface area contributed by atoms with Gasteiger partial charge in [-0.3, -0.25) is 4.90 Å². The number of hydrogen-bond donors (Lipinski definition) is 5. The summed E-state index contributed by atoms with van der Waals surface area (Å²) in [7, 11) is 0. The number of hydrogen-bond acceptors (Lipinski definition) is 8. The third-order valence-electron chi connectivity index (χ3n) is 7.64. The third kappa shape index (κ3) is 5.57. The van der Waals surface area contributed by atoms with E-state index in [1.165, 1.54) is 0 Å². The molecule has 1 fully saturated rings. The first-order chi connectivity index (χ1) is 20.2. The number of aromatic amines is 1. The summed E-state index contributed by atoms with van der Waals surface area (Å²) >= 11 is 8.28. The van der Waals surface area contributed by atoms with Crippen molar-refractivity contribution in [2.75, 3.05) is 13.2 Å². The van der Waals surface area contributed by atoms with E-state index in [1.54, 1.807) is 53.4 Å². The lowest BCUT2D eigenvalue weighted by molar-refractivity contribution is -0.277. The van der Waals surface area contributed by atoms with Crippen molar-refractivity contribution in [3.63, 3.8) is 0 Å². The maximum absolute atomic E-state index is 13.5. The van der Waals surface area contributed by atoms with Gasteiger partial charge < -0.3 is 39.6 Å². The van der Waals surface area contributed by atoms with E-state index in [1.807, 2.05) is 12.1 Å². The molecule has 2 aliphatic rings. The number of nitrogens with zero attached hydrogens (tertiary/aromatic N) is 1. The Morgan fingerprint density at radius 2 is 1.71 bits per heavy atom. The average molecular weight is 707 g/mol. The number of ether oxygens (including phenoxy) is 3. The number of amides is 1. The Balaban J connectivity index is 1.31. The van der Waals surface area contributed by atoms with Crippen LogP contribution in [0.15, 0.2) is 66.7 Å². The van der Waals surface area contributed by atoms with Crippen LogP contribution in [0.3, 0.4) is 0 Å². The van der Waals surface area contributed by atoms with Crippen LogP contribution in [0.25, 0.3) is 10.9 Å². The van der Waals surface area contributed by atoms with E-state index in [-0.39, 0.29) is 0 Å². The van der Waals surface area contributed by atoms with Gasteiger partial charge in [-0.05, 0) is 94.7 Å². The fraction of sp³-hybridized carbons (Fsp3) is 0.300. The smallest absolute Gasteiger partial charge is 0.416 e. The average Bonchev–Trinajstić information content (AvgIpc) is 3.36. The number of carbonyl (C=O) groups is 1. The molecule has 3 heterocycles. The fourth-order valence-electron chi connectivity index (χ4n) is 5.49. The first-order valence-corrected chi connectivity index (χ1v) is 14.8. The molecule has 12 heteroatoms. The zero-order valence-electron chi connectivity index (χ0n) is 22.1. The zero-order valence-corrected chi connectivity index (χ0v) is 25.0. The van der Waals surface area contributed by atoms with E-state index < -0.39 is 49.4 Å². The maximum Gasteiger partial charge on any atom is 0.416 e. The Hall–Kier alpha value is -2.91. The maximum atomic E-state index is 13.5. The summed E-state index contributed by atoms with van der Waals surface area (Å²) in [5.41, 5.74) is 3.77. The van der Waals surface area contributed by atoms with Gasteiger partial charge >= 0.3 is 6.09 Å². The van der Waals surface area contributed by atoms with Crippen LogP contribution in [0.5, 0.6) is 11.5 Å². The molecule has 6 atom stereocenters. The van der Waals surface area contributed by atoms with Crippen molar-refractivity contribution < 1.29 is 39.4 Å². The first kappa shape index (κ1) is 29.2. The molecule has 3 aromatic carbocycles. The highest BCUT2D eigenvalue weighted by molar-refractivity contribution is 14.1. The summed E-state index contributed by atoms with van der Waals surface area (Å²) in [5, 5.41) is 41.6. The lowest BCUT2D eigenvalue weighted by Gasteiger charge is -2.39.